The number of aromatic hydroxyl groups is 1. The van der Waals surface area contributed by atoms with E-state index in [1.807, 2.05) is 24.5 Å². The molecule has 0 saturated carbocycles. The van der Waals surface area contributed by atoms with Crippen molar-refractivity contribution in [3.8, 4) is 5.75 Å². The first kappa shape index (κ1) is 15.5. The third-order valence-electron chi connectivity index (χ3n) is 2.98. The number of hydrogen-bond acceptors (Lipinski definition) is 3. The lowest BCUT2D eigenvalue weighted by Crippen LogP contribution is -2.32. The maximum atomic E-state index is 9.50. The summed E-state index contributed by atoms with van der Waals surface area (Å²) < 4.78 is 0. The number of thioether (sulfide) groups is 1. The average Bonchev–Trinajstić information content (AvgIpc) is 2.48. The molecule has 3 N–H and O–H groups in total. The maximum Gasteiger partial charge on any atom is 0.199 e. The van der Waals surface area contributed by atoms with E-state index in [-0.39, 0.29) is 11.7 Å². The molecular formula is C15H16ClN3OS. The van der Waals surface area contributed by atoms with Crippen LogP contribution in [0.2, 0.25) is 5.02 Å². The predicted molar refractivity (Wildman–Crippen MR) is 91.1 cm³/mol. The molecule has 2 aromatic rings. The molecule has 0 atom stereocenters. The predicted octanol–water partition coefficient (Wildman–Crippen LogP) is 4.25. The summed E-state index contributed by atoms with van der Waals surface area (Å²) in [6.45, 7) is 0. The van der Waals surface area contributed by atoms with Crippen molar-refractivity contribution in [3.63, 3.8) is 0 Å². The van der Waals surface area contributed by atoms with Crippen LogP contribution >= 0.6 is 23.4 Å². The highest BCUT2D eigenvalue weighted by Crippen LogP contribution is 2.28. The van der Waals surface area contributed by atoms with Crippen molar-refractivity contribution in [2.45, 2.75) is 4.90 Å². The minimum Gasteiger partial charge on any atom is -0.508 e. The van der Waals surface area contributed by atoms with E-state index in [0.29, 0.717) is 16.4 Å². The number of rotatable bonds is 3. The van der Waals surface area contributed by atoms with Crippen LogP contribution in [-0.4, -0.2) is 24.4 Å². The maximum absolute atomic E-state index is 9.50. The number of nitrogens with one attached hydrogen (secondary N) is 2. The third kappa shape index (κ3) is 3.83. The summed E-state index contributed by atoms with van der Waals surface area (Å²) in [5.74, 6) is 0.329. The van der Waals surface area contributed by atoms with Crippen molar-refractivity contribution in [3.05, 3.63) is 47.5 Å². The Hall–Kier alpha value is -1.85. The molecule has 0 spiro atoms. The first-order chi connectivity index (χ1) is 10.0. The summed E-state index contributed by atoms with van der Waals surface area (Å²) >= 11 is 7.76. The zero-order valence-corrected chi connectivity index (χ0v) is 13.3. The number of phenols is 1. The first-order valence-corrected chi connectivity index (χ1v) is 7.83. The van der Waals surface area contributed by atoms with Crippen molar-refractivity contribution in [1.82, 2.24) is 0 Å². The van der Waals surface area contributed by atoms with Gasteiger partial charge in [-0.25, -0.2) is 0 Å². The van der Waals surface area contributed by atoms with E-state index in [2.05, 4.69) is 5.32 Å². The smallest absolute Gasteiger partial charge is 0.199 e. The summed E-state index contributed by atoms with van der Waals surface area (Å²) in [5.41, 5.74) is 1.39. The normalized spacial score (nSPS) is 10.2. The molecule has 0 radical (unpaired) electrons. The summed E-state index contributed by atoms with van der Waals surface area (Å²) in [5, 5.41) is 21.2. The third-order valence-corrected chi connectivity index (χ3v) is 4.03. The van der Waals surface area contributed by atoms with Gasteiger partial charge in [0.05, 0.1) is 10.7 Å². The van der Waals surface area contributed by atoms with E-state index in [9.17, 15) is 5.11 Å². The van der Waals surface area contributed by atoms with Crippen LogP contribution in [0.3, 0.4) is 0 Å². The fourth-order valence-electron chi connectivity index (χ4n) is 1.77. The van der Waals surface area contributed by atoms with Crippen molar-refractivity contribution in [2.75, 3.05) is 23.5 Å². The summed E-state index contributed by atoms with van der Waals surface area (Å²) in [4.78, 5) is 2.69. The van der Waals surface area contributed by atoms with E-state index in [4.69, 9.17) is 17.0 Å². The molecular weight excluding hydrogens is 306 g/mol. The molecule has 0 amide bonds. The minimum absolute atomic E-state index is 0.162. The molecule has 0 heterocycles. The van der Waals surface area contributed by atoms with Gasteiger partial charge in [0.1, 0.15) is 5.75 Å². The van der Waals surface area contributed by atoms with Gasteiger partial charge in [-0.15, -0.1) is 11.8 Å². The molecule has 0 saturated heterocycles. The molecule has 6 heteroatoms. The monoisotopic (exact) mass is 321 g/mol. The molecule has 2 rings (SSSR count). The lowest BCUT2D eigenvalue weighted by Gasteiger charge is -2.21. The van der Waals surface area contributed by atoms with E-state index in [0.717, 1.165) is 4.90 Å². The van der Waals surface area contributed by atoms with Gasteiger partial charge in [-0.1, -0.05) is 17.7 Å². The molecule has 0 unspecified atom stereocenters. The van der Waals surface area contributed by atoms with E-state index >= 15 is 0 Å². The second-order valence-corrected chi connectivity index (χ2v) is 5.69. The number of anilines is 2. The molecule has 0 fully saturated rings. The van der Waals surface area contributed by atoms with E-state index in [1.54, 1.807) is 48.0 Å². The van der Waals surface area contributed by atoms with Crippen LogP contribution in [-0.2, 0) is 0 Å². The number of phenolic OH excluding ortho intramolecular Hbond substituents is 1. The quantitative estimate of drug-likeness (QED) is 0.449. The van der Waals surface area contributed by atoms with Gasteiger partial charge in [-0.2, -0.15) is 0 Å². The van der Waals surface area contributed by atoms with Crippen molar-refractivity contribution >= 4 is 40.7 Å². The molecule has 0 aliphatic rings. The number of guanidine groups is 1. The van der Waals surface area contributed by atoms with Gasteiger partial charge in [0.25, 0.3) is 0 Å². The standard InChI is InChI=1S/C15H16ClN3OS/c1-19(10-4-3-5-11(20)8-10)15(17)18-14-9-12(21-2)6-7-13(14)16/h3-9,20H,1-2H3,(H2,17,18). The zero-order chi connectivity index (χ0) is 15.4. The number of benzene rings is 2. The molecule has 0 aliphatic carbocycles. The van der Waals surface area contributed by atoms with Gasteiger partial charge in [0.2, 0.25) is 0 Å². The minimum atomic E-state index is 0.162. The highest BCUT2D eigenvalue weighted by atomic mass is 35.5. The molecule has 2 aromatic carbocycles. The Labute approximate surface area is 133 Å². The topological polar surface area (TPSA) is 59.4 Å². The SMILES string of the molecule is CSc1ccc(Cl)c(NC(=N)N(C)c2cccc(O)c2)c1. The van der Waals surface area contributed by atoms with Crippen molar-refractivity contribution < 1.29 is 5.11 Å². The van der Waals surface area contributed by atoms with E-state index < -0.39 is 0 Å². The Balaban J connectivity index is 2.18. The van der Waals surface area contributed by atoms with Gasteiger partial charge in [0.15, 0.2) is 5.96 Å². The number of nitrogens with zero attached hydrogens (tertiary/aromatic N) is 1. The van der Waals surface area contributed by atoms with Gasteiger partial charge in [-0.3, -0.25) is 5.41 Å². The molecule has 21 heavy (non-hydrogen) atoms. The van der Waals surface area contributed by atoms with E-state index in [1.165, 1.54) is 0 Å². The number of halogens is 1. The Kier molecular flexibility index (Phi) is 4.98. The highest BCUT2D eigenvalue weighted by Gasteiger charge is 2.10. The van der Waals surface area contributed by atoms with Crippen LogP contribution in [0.5, 0.6) is 5.75 Å². The molecule has 110 valence electrons. The van der Waals surface area contributed by atoms with Crippen LogP contribution in [0, 0.1) is 5.41 Å². The fourth-order valence-corrected chi connectivity index (χ4v) is 2.37. The Morgan fingerprint density at radius 3 is 2.71 bits per heavy atom. The summed E-state index contributed by atoms with van der Waals surface area (Å²) in [6, 6.07) is 12.4. The first-order valence-electron chi connectivity index (χ1n) is 6.23. The van der Waals surface area contributed by atoms with Crippen molar-refractivity contribution in [2.24, 2.45) is 0 Å². The second-order valence-electron chi connectivity index (χ2n) is 4.40. The number of hydrogen-bond donors (Lipinski definition) is 3. The molecule has 0 bridgehead atoms. The lowest BCUT2D eigenvalue weighted by molar-refractivity contribution is 0.475. The Bertz CT molecular complexity index is 663. The second kappa shape index (κ2) is 6.74. The summed E-state index contributed by atoms with van der Waals surface area (Å²) in [7, 11) is 1.75. The van der Waals surface area contributed by atoms with Gasteiger partial charge in [0, 0.05) is 23.7 Å². The van der Waals surface area contributed by atoms with Crippen LogP contribution < -0.4 is 10.2 Å². The molecule has 4 nitrogen and oxygen atoms in total. The van der Waals surface area contributed by atoms with Gasteiger partial charge in [-0.05, 0) is 36.6 Å². The fraction of sp³-hybridized carbons (Fsp3) is 0.133. The van der Waals surface area contributed by atoms with Crippen molar-refractivity contribution in [1.29, 1.82) is 5.41 Å². The lowest BCUT2D eigenvalue weighted by atomic mass is 10.3. The zero-order valence-electron chi connectivity index (χ0n) is 11.7. The highest BCUT2D eigenvalue weighted by molar-refractivity contribution is 7.98. The molecule has 0 aliphatic heterocycles. The Morgan fingerprint density at radius 1 is 1.29 bits per heavy atom. The largest absolute Gasteiger partial charge is 0.508 e. The average molecular weight is 322 g/mol. The van der Waals surface area contributed by atoms with Crippen LogP contribution in [0.15, 0.2) is 47.4 Å². The Morgan fingerprint density at radius 2 is 2.05 bits per heavy atom. The molecule has 0 aromatic heterocycles. The van der Waals surface area contributed by atoms with Crippen LogP contribution in [0.4, 0.5) is 11.4 Å². The summed E-state index contributed by atoms with van der Waals surface area (Å²) in [6.07, 6.45) is 1.98. The van der Waals surface area contributed by atoms with Gasteiger partial charge < -0.3 is 15.3 Å². The van der Waals surface area contributed by atoms with Crippen LogP contribution in [0.1, 0.15) is 0 Å². The van der Waals surface area contributed by atoms with Crippen LogP contribution in [0.25, 0.3) is 0 Å². The van der Waals surface area contributed by atoms with Gasteiger partial charge >= 0.3 is 0 Å².